The number of anilines is 1. The van der Waals surface area contributed by atoms with Gasteiger partial charge in [0, 0.05) is 22.7 Å². The molecule has 0 spiro atoms. The van der Waals surface area contributed by atoms with Gasteiger partial charge in [-0.1, -0.05) is 22.9 Å². The van der Waals surface area contributed by atoms with Gasteiger partial charge in [0.05, 0.1) is 15.1 Å². The van der Waals surface area contributed by atoms with Crippen molar-refractivity contribution in [2.24, 2.45) is 0 Å². The van der Waals surface area contributed by atoms with Crippen LogP contribution in [0, 0.1) is 17.0 Å². The number of nitrogens with one attached hydrogen (secondary N) is 1. The van der Waals surface area contributed by atoms with Crippen LogP contribution in [0.25, 0.3) is 10.2 Å². The van der Waals surface area contributed by atoms with Gasteiger partial charge in [-0.05, 0) is 36.8 Å². The maximum Gasteiger partial charge on any atom is 0.269 e. The molecule has 0 saturated carbocycles. The van der Waals surface area contributed by atoms with Crippen molar-refractivity contribution in [3.8, 4) is 0 Å². The van der Waals surface area contributed by atoms with Gasteiger partial charge >= 0.3 is 0 Å². The van der Waals surface area contributed by atoms with Gasteiger partial charge in [0.1, 0.15) is 0 Å². The first-order valence-electron chi connectivity index (χ1n) is 6.56. The van der Waals surface area contributed by atoms with Crippen molar-refractivity contribution in [3.63, 3.8) is 0 Å². The summed E-state index contributed by atoms with van der Waals surface area (Å²) in [6.07, 6.45) is 0. The summed E-state index contributed by atoms with van der Waals surface area (Å²) >= 11 is 7.40. The Morgan fingerprint density at radius 3 is 2.65 bits per heavy atom. The number of fused-ring (bicyclic) bond motifs is 1. The zero-order valence-corrected chi connectivity index (χ0v) is 13.4. The summed E-state index contributed by atoms with van der Waals surface area (Å²) in [4.78, 5) is 26.6. The first-order chi connectivity index (χ1) is 10.9. The zero-order chi connectivity index (χ0) is 16.6. The fourth-order valence-corrected chi connectivity index (χ4v) is 3.11. The van der Waals surface area contributed by atoms with Crippen LogP contribution < -0.4 is 5.32 Å². The molecule has 116 valence electrons. The lowest BCUT2D eigenvalue weighted by molar-refractivity contribution is -0.384. The van der Waals surface area contributed by atoms with Gasteiger partial charge in [0.25, 0.3) is 11.6 Å². The number of rotatable bonds is 3. The highest BCUT2D eigenvalue weighted by Gasteiger charge is 2.12. The van der Waals surface area contributed by atoms with Gasteiger partial charge in [0.15, 0.2) is 5.13 Å². The summed E-state index contributed by atoms with van der Waals surface area (Å²) in [5, 5.41) is 14.4. The molecule has 3 rings (SSSR count). The number of halogens is 1. The van der Waals surface area contributed by atoms with Gasteiger partial charge < -0.3 is 0 Å². The second kappa shape index (κ2) is 5.94. The van der Waals surface area contributed by atoms with Crippen molar-refractivity contribution >= 4 is 49.9 Å². The predicted octanol–water partition coefficient (Wildman–Crippen LogP) is 4.42. The van der Waals surface area contributed by atoms with Crippen LogP contribution in [0.2, 0.25) is 5.02 Å². The minimum atomic E-state index is -0.513. The third kappa shape index (κ3) is 3.15. The Hall–Kier alpha value is -2.51. The number of aromatic nitrogens is 1. The van der Waals surface area contributed by atoms with E-state index in [1.807, 2.05) is 13.0 Å². The number of nitro benzene ring substituents is 1. The summed E-state index contributed by atoms with van der Waals surface area (Å²) in [5.74, 6) is -0.373. The lowest BCUT2D eigenvalue weighted by atomic mass is 10.2. The highest BCUT2D eigenvalue weighted by molar-refractivity contribution is 7.22. The predicted molar refractivity (Wildman–Crippen MR) is 90.4 cm³/mol. The standard InChI is InChI=1S/C15H10ClN3O3S/c1-8-6-13-12(7-11(8)16)17-15(23-13)18-14(20)9-2-4-10(5-3-9)19(21)22/h2-7H,1H3,(H,17,18,20). The summed E-state index contributed by atoms with van der Waals surface area (Å²) in [6, 6.07) is 9.05. The highest BCUT2D eigenvalue weighted by atomic mass is 35.5. The van der Waals surface area contributed by atoms with E-state index in [1.54, 1.807) is 6.07 Å². The first kappa shape index (κ1) is 15.4. The van der Waals surface area contributed by atoms with Crippen molar-refractivity contribution in [1.29, 1.82) is 0 Å². The molecule has 0 saturated heterocycles. The third-order valence-electron chi connectivity index (χ3n) is 3.23. The van der Waals surface area contributed by atoms with E-state index >= 15 is 0 Å². The lowest BCUT2D eigenvalue weighted by Crippen LogP contribution is -2.11. The number of hydrogen-bond donors (Lipinski definition) is 1. The topological polar surface area (TPSA) is 85.1 Å². The van der Waals surface area contributed by atoms with Crippen molar-refractivity contribution in [2.75, 3.05) is 5.32 Å². The number of nitrogens with zero attached hydrogens (tertiary/aromatic N) is 2. The van der Waals surface area contributed by atoms with Crippen LogP contribution in [0.3, 0.4) is 0 Å². The molecule has 0 aliphatic rings. The van der Waals surface area contributed by atoms with Crippen LogP contribution in [-0.4, -0.2) is 15.8 Å². The first-order valence-corrected chi connectivity index (χ1v) is 7.76. The van der Waals surface area contributed by atoms with E-state index < -0.39 is 4.92 Å². The van der Waals surface area contributed by atoms with E-state index in [0.717, 1.165) is 10.3 Å². The van der Waals surface area contributed by atoms with E-state index in [4.69, 9.17) is 11.6 Å². The monoisotopic (exact) mass is 347 g/mol. The van der Waals surface area contributed by atoms with Gasteiger partial charge in [-0.3, -0.25) is 20.2 Å². The Morgan fingerprint density at radius 1 is 1.30 bits per heavy atom. The minimum Gasteiger partial charge on any atom is -0.298 e. The quantitative estimate of drug-likeness (QED) is 0.561. The molecule has 1 aromatic heterocycles. The van der Waals surface area contributed by atoms with Gasteiger partial charge in [-0.25, -0.2) is 4.98 Å². The number of aryl methyl sites for hydroxylation is 1. The molecule has 0 fully saturated rings. The van der Waals surface area contributed by atoms with Crippen molar-refractivity contribution < 1.29 is 9.72 Å². The van der Waals surface area contributed by atoms with Gasteiger partial charge in [-0.15, -0.1) is 0 Å². The van der Waals surface area contributed by atoms with Crippen LogP contribution in [-0.2, 0) is 0 Å². The molecule has 0 aliphatic heterocycles. The van der Waals surface area contributed by atoms with Gasteiger partial charge in [-0.2, -0.15) is 0 Å². The molecule has 0 radical (unpaired) electrons. The number of thiazole rings is 1. The normalized spacial score (nSPS) is 10.7. The molecule has 3 aromatic rings. The second-order valence-corrected chi connectivity index (χ2v) is 6.28. The van der Waals surface area contributed by atoms with Crippen LogP contribution in [0.1, 0.15) is 15.9 Å². The molecule has 0 atom stereocenters. The third-order valence-corrected chi connectivity index (χ3v) is 4.57. The van der Waals surface area contributed by atoms with E-state index in [-0.39, 0.29) is 11.6 Å². The molecule has 8 heteroatoms. The van der Waals surface area contributed by atoms with E-state index in [9.17, 15) is 14.9 Å². The Balaban J connectivity index is 1.83. The molecule has 1 amide bonds. The Morgan fingerprint density at radius 2 is 2.00 bits per heavy atom. The molecule has 0 unspecified atom stereocenters. The van der Waals surface area contributed by atoms with E-state index in [0.29, 0.717) is 21.2 Å². The highest BCUT2D eigenvalue weighted by Crippen LogP contribution is 2.30. The summed E-state index contributed by atoms with van der Waals surface area (Å²) in [7, 11) is 0. The minimum absolute atomic E-state index is 0.0633. The largest absolute Gasteiger partial charge is 0.298 e. The maximum absolute atomic E-state index is 12.2. The Kier molecular flexibility index (Phi) is 3.97. The Bertz CT molecular complexity index is 883. The van der Waals surface area contributed by atoms with Crippen LogP contribution >= 0.6 is 22.9 Å². The summed E-state index contributed by atoms with van der Waals surface area (Å²) in [5.41, 5.74) is 1.91. The van der Waals surface area contributed by atoms with Crippen LogP contribution in [0.4, 0.5) is 10.8 Å². The average molecular weight is 348 g/mol. The molecular formula is C15H10ClN3O3S. The molecule has 1 N–H and O–H groups in total. The summed E-state index contributed by atoms with van der Waals surface area (Å²) < 4.78 is 0.922. The number of amides is 1. The molecule has 6 nitrogen and oxygen atoms in total. The number of carbonyl (C=O) groups excluding carboxylic acids is 1. The number of non-ortho nitro benzene ring substituents is 1. The second-order valence-electron chi connectivity index (χ2n) is 4.85. The number of nitro groups is 1. The van der Waals surface area contributed by atoms with E-state index in [1.165, 1.54) is 35.6 Å². The summed E-state index contributed by atoms with van der Waals surface area (Å²) in [6.45, 7) is 1.90. The van der Waals surface area contributed by atoms with Crippen LogP contribution in [0.5, 0.6) is 0 Å². The lowest BCUT2D eigenvalue weighted by Gasteiger charge is -2.00. The Labute approximate surface area is 139 Å². The smallest absolute Gasteiger partial charge is 0.269 e. The molecular weight excluding hydrogens is 338 g/mol. The maximum atomic E-state index is 12.2. The zero-order valence-electron chi connectivity index (χ0n) is 11.9. The molecule has 1 heterocycles. The number of carbonyl (C=O) groups is 1. The number of hydrogen-bond acceptors (Lipinski definition) is 5. The van der Waals surface area contributed by atoms with Crippen LogP contribution in [0.15, 0.2) is 36.4 Å². The molecule has 0 aliphatic carbocycles. The SMILES string of the molecule is Cc1cc2sc(NC(=O)c3ccc([N+](=O)[O-])cc3)nc2cc1Cl. The van der Waals surface area contributed by atoms with Gasteiger partial charge in [0.2, 0.25) is 0 Å². The fourth-order valence-electron chi connectivity index (χ4n) is 2.01. The fraction of sp³-hybridized carbons (Fsp3) is 0.0667. The van der Waals surface area contributed by atoms with Crippen molar-refractivity contribution in [3.05, 3.63) is 62.7 Å². The molecule has 2 aromatic carbocycles. The van der Waals surface area contributed by atoms with E-state index in [2.05, 4.69) is 10.3 Å². The molecule has 23 heavy (non-hydrogen) atoms. The van der Waals surface area contributed by atoms with Crippen molar-refractivity contribution in [1.82, 2.24) is 4.98 Å². The average Bonchev–Trinajstić information content (AvgIpc) is 2.89. The number of benzene rings is 2. The van der Waals surface area contributed by atoms with Crippen molar-refractivity contribution in [2.45, 2.75) is 6.92 Å². The molecule has 0 bridgehead atoms.